The predicted octanol–water partition coefficient (Wildman–Crippen LogP) is 2.30. The molecule has 1 aromatic rings. The van der Waals surface area contributed by atoms with Gasteiger partial charge in [-0.25, -0.2) is 0 Å². The molecule has 0 aliphatic heterocycles. The minimum atomic E-state index is -0.137. The van der Waals surface area contributed by atoms with Crippen molar-refractivity contribution in [3.8, 4) is 5.75 Å². The summed E-state index contributed by atoms with van der Waals surface area (Å²) in [6.45, 7) is 6.80. The molecule has 4 heteroatoms. The van der Waals surface area contributed by atoms with E-state index in [1.807, 2.05) is 32.9 Å². The number of carbonyl (C=O) groups excluding carboxylic acids is 1. The fourth-order valence-electron chi connectivity index (χ4n) is 2.09. The van der Waals surface area contributed by atoms with Gasteiger partial charge in [-0.2, -0.15) is 0 Å². The molecule has 0 saturated carbocycles. The Balaban J connectivity index is 2.69. The Morgan fingerprint density at radius 1 is 1.37 bits per heavy atom. The molecule has 1 aromatic carbocycles. The quantitative estimate of drug-likeness (QED) is 0.829. The van der Waals surface area contributed by atoms with E-state index < -0.39 is 0 Å². The van der Waals surface area contributed by atoms with Gasteiger partial charge in [0.2, 0.25) is 5.91 Å². The van der Waals surface area contributed by atoms with Gasteiger partial charge in [-0.3, -0.25) is 4.79 Å². The third-order valence-electron chi connectivity index (χ3n) is 3.39. The van der Waals surface area contributed by atoms with Gasteiger partial charge in [0.05, 0.1) is 6.04 Å². The minimum Gasteiger partial charge on any atom is -0.508 e. The lowest BCUT2D eigenvalue weighted by atomic mass is 10.1. The van der Waals surface area contributed by atoms with Crippen molar-refractivity contribution in [3.63, 3.8) is 0 Å². The molecule has 2 atom stereocenters. The van der Waals surface area contributed by atoms with E-state index in [2.05, 4.69) is 5.32 Å². The van der Waals surface area contributed by atoms with Crippen molar-refractivity contribution in [1.82, 2.24) is 10.2 Å². The Labute approximate surface area is 115 Å². The van der Waals surface area contributed by atoms with Gasteiger partial charge in [-0.15, -0.1) is 0 Å². The Kier molecular flexibility index (Phi) is 5.83. The third kappa shape index (κ3) is 4.24. The van der Waals surface area contributed by atoms with Crippen LogP contribution >= 0.6 is 0 Å². The molecule has 0 fully saturated rings. The SMILES string of the molecule is CCNC(C)CC(=O)N(C)C(C)c1ccccc1O. The van der Waals surface area contributed by atoms with Gasteiger partial charge in [0.15, 0.2) is 0 Å². The highest BCUT2D eigenvalue weighted by Gasteiger charge is 2.20. The van der Waals surface area contributed by atoms with Crippen LogP contribution in [0.2, 0.25) is 0 Å². The van der Waals surface area contributed by atoms with E-state index in [1.54, 1.807) is 24.1 Å². The topological polar surface area (TPSA) is 52.6 Å². The van der Waals surface area contributed by atoms with Crippen LogP contribution in [0, 0.1) is 0 Å². The maximum absolute atomic E-state index is 12.2. The Bertz CT molecular complexity index is 420. The molecule has 0 aliphatic carbocycles. The van der Waals surface area contributed by atoms with E-state index in [0.29, 0.717) is 6.42 Å². The summed E-state index contributed by atoms with van der Waals surface area (Å²) in [5.41, 5.74) is 0.773. The zero-order valence-electron chi connectivity index (χ0n) is 12.2. The molecule has 2 N–H and O–H groups in total. The number of nitrogens with zero attached hydrogens (tertiary/aromatic N) is 1. The van der Waals surface area contributed by atoms with Gasteiger partial charge in [-0.1, -0.05) is 25.1 Å². The number of rotatable bonds is 6. The van der Waals surface area contributed by atoms with E-state index in [4.69, 9.17) is 0 Å². The number of para-hydroxylation sites is 1. The molecular weight excluding hydrogens is 240 g/mol. The second-order valence-electron chi connectivity index (χ2n) is 4.90. The van der Waals surface area contributed by atoms with Crippen LogP contribution in [0.3, 0.4) is 0 Å². The second-order valence-corrected chi connectivity index (χ2v) is 4.90. The van der Waals surface area contributed by atoms with E-state index in [-0.39, 0.29) is 23.7 Å². The average molecular weight is 264 g/mol. The van der Waals surface area contributed by atoms with Gasteiger partial charge < -0.3 is 15.3 Å². The number of phenols is 1. The fraction of sp³-hybridized carbons (Fsp3) is 0.533. The van der Waals surface area contributed by atoms with E-state index in [0.717, 1.165) is 12.1 Å². The monoisotopic (exact) mass is 264 g/mol. The van der Waals surface area contributed by atoms with Crippen molar-refractivity contribution in [2.24, 2.45) is 0 Å². The van der Waals surface area contributed by atoms with E-state index >= 15 is 0 Å². The molecule has 0 heterocycles. The van der Waals surface area contributed by atoms with Crippen molar-refractivity contribution in [2.45, 2.75) is 39.3 Å². The lowest BCUT2D eigenvalue weighted by molar-refractivity contribution is -0.132. The van der Waals surface area contributed by atoms with Gasteiger partial charge >= 0.3 is 0 Å². The number of hydrogen-bond acceptors (Lipinski definition) is 3. The summed E-state index contributed by atoms with van der Waals surface area (Å²) >= 11 is 0. The summed E-state index contributed by atoms with van der Waals surface area (Å²) < 4.78 is 0. The molecule has 0 spiro atoms. The van der Waals surface area contributed by atoms with Crippen molar-refractivity contribution < 1.29 is 9.90 Å². The average Bonchev–Trinajstić information content (AvgIpc) is 2.37. The van der Waals surface area contributed by atoms with Gasteiger partial charge in [0.25, 0.3) is 0 Å². The summed E-state index contributed by atoms with van der Waals surface area (Å²) in [5.74, 6) is 0.304. The summed E-state index contributed by atoms with van der Waals surface area (Å²) in [5, 5.41) is 13.1. The first-order chi connectivity index (χ1) is 8.97. The summed E-state index contributed by atoms with van der Waals surface area (Å²) in [7, 11) is 1.78. The number of benzene rings is 1. The molecule has 1 amide bonds. The van der Waals surface area contributed by atoms with Gasteiger partial charge in [0.1, 0.15) is 5.75 Å². The zero-order valence-corrected chi connectivity index (χ0v) is 12.2. The first-order valence-corrected chi connectivity index (χ1v) is 6.74. The smallest absolute Gasteiger partial charge is 0.224 e. The molecule has 2 unspecified atom stereocenters. The van der Waals surface area contributed by atoms with Crippen molar-refractivity contribution in [1.29, 1.82) is 0 Å². The number of amides is 1. The maximum atomic E-state index is 12.2. The van der Waals surface area contributed by atoms with Crippen LogP contribution in [0.4, 0.5) is 0 Å². The van der Waals surface area contributed by atoms with E-state index in [1.165, 1.54) is 0 Å². The largest absolute Gasteiger partial charge is 0.508 e. The molecule has 1 rings (SSSR count). The fourth-order valence-corrected chi connectivity index (χ4v) is 2.09. The lowest BCUT2D eigenvalue weighted by Crippen LogP contribution is -2.36. The number of aromatic hydroxyl groups is 1. The second kappa shape index (κ2) is 7.14. The van der Waals surface area contributed by atoms with E-state index in [9.17, 15) is 9.90 Å². The van der Waals surface area contributed by atoms with Crippen molar-refractivity contribution in [3.05, 3.63) is 29.8 Å². The molecule has 0 aliphatic rings. The Morgan fingerprint density at radius 3 is 2.58 bits per heavy atom. The van der Waals surface area contributed by atoms with Crippen LogP contribution in [0.5, 0.6) is 5.75 Å². The van der Waals surface area contributed by atoms with Crippen molar-refractivity contribution in [2.75, 3.05) is 13.6 Å². The van der Waals surface area contributed by atoms with Crippen LogP contribution in [0.25, 0.3) is 0 Å². The number of phenolic OH excluding ortho intramolecular Hbond substituents is 1. The predicted molar refractivity (Wildman–Crippen MR) is 77.0 cm³/mol. The van der Waals surface area contributed by atoms with Crippen LogP contribution in [-0.4, -0.2) is 35.5 Å². The molecule has 0 saturated heterocycles. The molecule has 0 radical (unpaired) electrons. The first-order valence-electron chi connectivity index (χ1n) is 6.74. The summed E-state index contributed by atoms with van der Waals surface area (Å²) in [6.07, 6.45) is 0.461. The zero-order chi connectivity index (χ0) is 14.4. The summed E-state index contributed by atoms with van der Waals surface area (Å²) in [4.78, 5) is 13.8. The van der Waals surface area contributed by atoms with Crippen LogP contribution in [0.1, 0.15) is 38.8 Å². The Hall–Kier alpha value is -1.55. The highest BCUT2D eigenvalue weighted by Crippen LogP contribution is 2.27. The summed E-state index contributed by atoms with van der Waals surface area (Å²) in [6, 6.07) is 7.16. The molecule has 0 bridgehead atoms. The Morgan fingerprint density at radius 2 is 2.00 bits per heavy atom. The van der Waals surface area contributed by atoms with Crippen LogP contribution < -0.4 is 5.32 Å². The maximum Gasteiger partial charge on any atom is 0.224 e. The minimum absolute atomic E-state index is 0.0733. The standard InChI is InChI=1S/C15H24N2O2/c1-5-16-11(2)10-15(19)17(4)12(3)13-8-6-7-9-14(13)18/h6-9,11-12,16,18H,5,10H2,1-4H3. The highest BCUT2D eigenvalue weighted by molar-refractivity contribution is 5.77. The third-order valence-corrected chi connectivity index (χ3v) is 3.39. The molecular formula is C15H24N2O2. The molecule has 4 nitrogen and oxygen atoms in total. The molecule has 106 valence electrons. The van der Waals surface area contributed by atoms with Crippen LogP contribution in [-0.2, 0) is 4.79 Å². The van der Waals surface area contributed by atoms with Crippen molar-refractivity contribution >= 4 is 5.91 Å². The number of hydrogen-bond donors (Lipinski definition) is 2. The highest BCUT2D eigenvalue weighted by atomic mass is 16.3. The normalized spacial score (nSPS) is 13.9. The first kappa shape index (κ1) is 15.5. The van der Waals surface area contributed by atoms with Gasteiger partial charge in [-0.05, 0) is 26.5 Å². The van der Waals surface area contributed by atoms with Crippen LogP contribution in [0.15, 0.2) is 24.3 Å². The molecule has 0 aromatic heterocycles. The lowest BCUT2D eigenvalue weighted by Gasteiger charge is -2.27. The molecule has 19 heavy (non-hydrogen) atoms. The van der Waals surface area contributed by atoms with Gasteiger partial charge in [0, 0.05) is 25.1 Å². The number of nitrogens with one attached hydrogen (secondary N) is 1. The number of carbonyl (C=O) groups is 1.